The van der Waals surface area contributed by atoms with E-state index in [0.29, 0.717) is 18.2 Å². The predicted octanol–water partition coefficient (Wildman–Crippen LogP) is -0.252. The number of amides is 1. The van der Waals surface area contributed by atoms with Crippen molar-refractivity contribution in [3.8, 4) is 0 Å². The second-order valence-corrected chi connectivity index (χ2v) is 3.12. The maximum absolute atomic E-state index is 10.8. The molecule has 8 heteroatoms. The minimum Gasteiger partial charge on any atom is -0.475 e. The molecule has 0 unspecified atom stereocenters. The zero-order valence-corrected chi connectivity index (χ0v) is 8.02. The standard InChI is InChI=1S/C7H5N3O4S/c11-3-9-4-1-2-8-7(10-4)15-6(14)5(12)13/h1-3H,(H,12,13)(H,8,9,10,11). The number of nitrogens with zero attached hydrogens (tertiary/aromatic N) is 2. The number of rotatable bonds is 3. The highest BCUT2D eigenvalue weighted by Gasteiger charge is 2.15. The molecule has 7 nitrogen and oxygen atoms in total. The van der Waals surface area contributed by atoms with Crippen molar-refractivity contribution in [2.45, 2.75) is 5.16 Å². The third kappa shape index (κ3) is 3.35. The largest absolute Gasteiger partial charge is 0.475 e. The summed E-state index contributed by atoms with van der Waals surface area (Å²) in [7, 11) is 0. The Balaban J connectivity index is 2.77. The first-order valence-corrected chi connectivity index (χ1v) is 4.43. The maximum Gasteiger partial charge on any atom is 0.384 e. The fraction of sp³-hybridized carbons (Fsp3) is 0. The highest BCUT2D eigenvalue weighted by molar-refractivity contribution is 8.15. The van der Waals surface area contributed by atoms with Gasteiger partial charge in [0.05, 0.1) is 0 Å². The number of carbonyl (C=O) groups excluding carboxylic acids is 2. The van der Waals surface area contributed by atoms with Crippen LogP contribution in [0.2, 0.25) is 0 Å². The van der Waals surface area contributed by atoms with E-state index in [1.807, 2.05) is 0 Å². The van der Waals surface area contributed by atoms with Gasteiger partial charge in [-0.2, -0.15) is 0 Å². The average molecular weight is 227 g/mol. The number of anilines is 1. The molecule has 15 heavy (non-hydrogen) atoms. The summed E-state index contributed by atoms with van der Waals surface area (Å²) in [4.78, 5) is 38.4. The van der Waals surface area contributed by atoms with Gasteiger partial charge in [0.15, 0.2) is 5.16 Å². The molecule has 0 fully saturated rings. The van der Waals surface area contributed by atoms with E-state index in [1.165, 1.54) is 12.3 Å². The minimum absolute atomic E-state index is 0.0331. The summed E-state index contributed by atoms with van der Waals surface area (Å²) >= 11 is 0.375. The third-order valence-electron chi connectivity index (χ3n) is 1.20. The van der Waals surface area contributed by atoms with E-state index in [0.717, 1.165) is 0 Å². The molecule has 0 saturated carbocycles. The van der Waals surface area contributed by atoms with Crippen molar-refractivity contribution in [3.63, 3.8) is 0 Å². The molecule has 1 heterocycles. The Morgan fingerprint density at radius 3 is 2.87 bits per heavy atom. The van der Waals surface area contributed by atoms with Gasteiger partial charge in [-0.15, -0.1) is 0 Å². The number of aliphatic carboxylic acids is 1. The number of carbonyl (C=O) groups is 3. The second-order valence-electron chi connectivity index (χ2n) is 2.18. The molecule has 0 aliphatic carbocycles. The van der Waals surface area contributed by atoms with E-state index in [1.54, 1.807) is 0 Å². The number of hydrogen-bond donors (Lipinski definition) is 2. The summed E-state index contributed by atoms with van der Waals surface area (Å²) in [5.74, 6) is -1.38. The number of thioether (sulfide) groups is 1. The summed E-state index contributed by atoms with van der Waals surface area (Å²) in [6.45, 7) is 0. The zero-order valence-electron chi connectivity index (χ0n) is 7.21. The lowest BCUT2D eigenvalue weighted by molar-refractivity contribution is -0.144. The molecule has 78 valence electrons. The fourth-order valence-electron chi connectivity index (χ4n) is 0.657. The predicted molar refractivity (Wildman–Crippen MR) is 50.2 cm³/mol. The number of nitrogens with one attached hydrogen (secondary N) is 1. The van der Waals surface area contributed by atoms with Crippen molar-refractivity contribution < 1.29 is 19.5 Å². The van der Waals surface area contributed by atoms with Crippen molar-refractivity contribution in [2.24, 2.45) is 0 Å². The van der Waals surface area contributed by atoms with E-state index >= 15 is 0 Å². The summed E-state index contributed by atoms with van der Waals surface area (Å²) in [6.07, 6.45) is 1.71. The van der Waals surface area contributed by atoms with Gasteiger partial charge in [-0.05, 0) is 6.07 Å². The van der Waals surface area contributed by atoms with Crippen LogP contribution < -0.4 is 5.32 Å². The van der Waals surface area contributed by atoms with Crippen molar-refractivity contribution in [2.75, 3.05) is 5.32 Å². The molecule has 1 aromatic heterocycles. The van der Waals surface area contributed by atoms with Crippen LogP contribution in [0.4, 0.5) is 5.82 Å². The Morgan fingerprint density at radius 2 is 2.27 bits per heavy atom. The summed E-state index contributed by atoms with van der Waals surface area (Å²) < 4.78 is 0. The summed E-state index contributed by atoms with van der Waals surface area (Å²) in [5, 5.41) is 9.45. The van der Waals surface area contributed by atoms with Gasteiger partial charge in [-0.25, -0.2) is 14.8 Å². The molecule has 0 saturated heterocycles. The number of carboxylic acids is 1. The first kappa shape index (κ1) is 11.1. The number of hydrogen-bond acceptors (Lipinski definition) is 6. The molecule has 0 aliphatic rings. The highest BCUT2D eigenvalue weighted by atomic mass is 32.2. The molecule has 0 spiro atoms. The lowest BCUT2D eigenvalue weighted by Gasteiger charge is -1.98. The quantitative estimate of drug-likeness (QED) is 0.317. The van der Waals surface area contributed by atoms with Gasteiger partial charge in [0.25, 0.3) is 0 Å². The van der Waals surface area contributed by atoms with Crippen molar-refractivity contribution in [1.82, 2.24) is 9.97 Å². The molecule has 0 radical (unpaired) electrons. The van der Waals surface area contributed by atoms with Gasteiger partial charge >= 0.3 is 11.1 Å². The first-order valence-electron chi connectivity index (χ1n) is 3.62. The summed E-state index contributed by atoms with van der Waals surface area (Å²) in [6, 6.07) is 1.41. The molecule has 0 bridgehead atoms. The minimum atomic E-state index is -1.57. The Labute approximate surface area is 87.9 Å². The normalized spacial score (nSPS) is 9.33. The van der Waals surface area contributed by atoms with Gasteiger partial charge in [-0.1, -0.05) is 0 Å². The molecule has 1 aromatic rings. The molecule has 0 aliphatic heterocycles. The smallest absolute Gasteiger partial charge is 0.384 e. The van der Waals surface area contributed by atoms with Gasteiger partial charge in [0.1, 0.15) is 5.82 Å². The van der Waals surface area contributed by atoms with E-state index in [9.17, 15) is 14.4 Å². The van der Waals surface area contributed by atoms with Crippen molar-refractivity contribution in [1.29, 1.82) is 0 Å². The fourth-order valence-corrected chi connectivity index (χ4v) is 1.17. The van der Waals surface area contributed by atoms with E-state index in [-0.39, 0.29) is 11.0 Å². The van der Waals surface area contributed by atoms with Crippen LogP contribution in [0.3, 0.4) is 0 Å². The Morgan fingerprint density at radius 1 is 1.53 bits per heavy atom. The van der Waals surface area contributed by atoms with Crippen LogP contribution in [-0.4, -0.2) is 32.6 Å². The van der Waals surface area contributed by atoms with Crippen LogP contribution >= 0.6 is 11.8 Å². The monoisotopic (exact) mass is 227 g/mol. The Hall–Kier alpha value is -1.96. The van der Waals surface area contributed by atoms with Crippen LogP contribution in [0, 0.1) is 0 Å². The van der Waals surface area contributed by atoms with Crippen molar-refractivity contribution >= 4 is 35.1 Å². The van der Waals surface area contributed by atoms with Gasteiger partial charge in [0.2, 0.25) is 6.41 Å². The molecule has 1 rings (SSSR count). The topological polar surface area (TPSA) is 109 Å². The SMILES string of the molecule is O=CNc1ccnc(SC(=O)C(=O)O)n1. The molecule has 2 N–H and O–H groups in total. The Kier molecular flexibility index (Phi) is 3.75. The lowest BCUT2D eigenvalue weighted by atomic mass is 10.6. The van der Waals surface area contributed by atoms with Gasteiger partial charge in [-0.3, -0.25) is 9.59 Å². The van der Waals surface area contributed by atoms with Crippen LogP contribution in [0.1, 0.15) is 0 Å². The molecular weight excluding hydrogens is 222 g/mol. The second kappa shape index (κ2) is 5.05. The first-order chi connectivity index (χ1) is 7.13. The van der Waals surface area contributed by atoms with E-state index < -0.39 is 11.1 Å². The highest BCUT2D eigenvalue weighted by Crippen LogP contribution is 2.14. The molecule has 0 atom stereocenters. The number of aromatic nitrogens is 2. The molecular formula is C7H5N3O4S. The van der Waals surface area contributed by atoms with Crippen LogP contribution in [0.5, 0.6) is 0 Å². The molecule has 0 aromatic carbocycles. The van der Waals surface area contributed by atoms with Crippen LogP contribution in [0.25, 0.3) is 0 Å². The van der Waals surface area contributed by atoms with Crippen LogP contribution in [0.15, 0.2) is 17.4 Å². The van der Waals surface area contributed by atoms with E-state index in [4.69, 9.17) is 5.11 Å². The zero-order chi connectivity index (χ0) is 11.3. The van der Waals surface area contributed by atoms with Gasteiger partial charge in [0, 0.05) is 18.0 Å². The average Bonchev–Trinajstić information content (AvgIpc) is 2.18. The van der Waals surface area contributed by atoms with Gasteiger partial charge < -0.3 is 10.4 Å². The number of carboxylic acid groups (broad SMARTS) is 1. The maximum atomic E-state index is 10.8. The molecule has 1 amide bonds. The van der Waals surface area contributed by atoms with Crippen LogP contribution in [-0.2, 0) is 14.4 Å². The van der Waals surface area contributed by atoms with E-state index in [2.05, 4.69) is 15.3 Å². The summed E-state index contributed by atoms with van der Waals surface area (Å²) in [5.41, 5.74) is 0. The van der Waals surface area contributed by atoms with Crippen molar-refractivity contribution in [3.05, 3.63) is 12.3 Å². The lowest BCUT2D eigenvalue weighted by Crippen LogP contribution is -2.08. The third-order valence-corrected chi connectivity index (χ3v) is 1.94. The Bertz CT molecular complexity index is 409.